The number of hydrogen-bond acceptors (Lipinski definition) is 3. The van der Waals surface area contributed by atoms with Crippen LogP contribution in [0.25, 0.3) is 0 Å². The van der Waals surface area contributed by atoms with E-state index in [-0.39, 0.29) is 30.4 Å². The Labute approximate surface area is 110 Å². The molecule has 0 spiro atoms. The third kappa shape index (κ3) is 5.70. The van der Waals surface area contributed by atoms with E-state index in [0.29, 0.717) is 5.92 Å². The van der Waals surface area contributed by atoms with E-state index in [2.05, 4.69) is 12.2 Å². The topological polar surface area (TPSA) is 64.4 Å². The van der Waals surface area contributed by atoms with Gasteiger partial charge in [-0.1, -0.05) is 13.3 Å². The second kappa shape index (κ2) is 8.72. The van der Waals surface area contributed by atoms with E-state index in [1.165, 1.54) is 0 Å². The fourth-order valence-corrected chi connectivity index (χ4v) is 2.11. The number of rotatable bonds is 5. The van der Waals surface area contributed by atoms with Crippen LogP contribution < -0.4 is 11.1 Å². The van der Waals surface area contributed by atoms with Crippen molar-refractivity contribution in [2.45, 2.75) is 51.6 Å². The summed E-state index contributed by atoms with van der Waals surface area (Å²) in [6.07, 6.45) is 3.77. The Balaban J connectivity index is 0.00000256. The Morgan fingerprint density at radius 2 is 2.06 bits per heavy atom. The van der Waals surface area contributed by atoms with Crippen LogP contribution >= 0.6 is 12.4 Å². The fourth-order valence-electron chi connectivity index (χ4n) is 2.11. The molecule has 4 nitrogen and oxygen atoms in total. The van der Waals surface area contributed by atoms with Crippen molar-refractivity contribution in [3.63, 3.8) is 0 Å². The summed E-state index contributed by atoms with van der Waals surface area (Å²) in [4.78, 5) is 11.7. The maximum Gasteiger partial charge on any atom is 0.237 e. The van der Waals surface area contributed by atoms with Crippen LogP contribution in [0.1, 0.15) is 39.5 Å². The monoisotopic (exact) mass is 264 g/mol. The zero-order valence-corrected chi connectivity index (χ0v) is 11.6. The molecule has 1 aliphatic heterocycles. The van der Waals surface area contributed by atoms with E-state index in [0.717, 1.165) is 38.9 Å². The van der Waals surface area contributed by atoms with Gasteiger partial charge in [0.15, 0.2) is 0 Å². The van der Waals surface area contributed by atoms with Crippen molar-refractivity contribution >= 4 is 18.3 Å². The highest BCUT2D eigenvalue weighted by Gasteiger charge is 2.23. The van der Waals surface area contributed by atoms with E-state index in [1.54, 1.807) is 0 Å². The molecule has 0 bridgehead atoms. The quantitative estimate of drug-likeness (QED) is 0.790. The van der Waals surface area contributed by atoms with Crippen molar-refractivity contribution in [3.8, 4) is 0 Å². The van der Waals surface area contributed by atoms with Crippen LogP contribution in [0.5, 0.6) is 0 Å². The van der Waals surface area contributed by atoms with Crippen molar-refractivity contribution in [2.24, 2.45) is 11.7 Å². The average Bonchev–Trinajstić information content (AvgIpc) is 2.30. The lowest BCUT2D eigenvalue weighted by molar-refractivity contribution is -0.123. The van der Waals surface area contributed by atoms with Gasteiger partial charge in [-0.3, -0.25) is 4.79 Å². The Morgan fingerprint density at radius 3 is 2.59 bits per heavy atom. The van der Waals surface area contributed by atoms with Crippen molar-refractivity contribution < 1.29 is 9.53 Å². The molecule has 0 aliphatic carbocycles. The molecule has 1 amide bonds. The van der Waals surface area contributed by atoms with Crippen molar-refractivity contribution in [3.05, 3.63) is 0 Å². The zero-order valence-electron chi connectivity index (χ0n) is 10.8. The van der Waals surface area contributed by atoms with Crippen molar-refractivity contribution in [2.75, 3.05) is 13.2 Å². The SMILES string of the molecule is CCCC(N)C(=O)NC(C)C1CCOCC1.Cl. The number of nitrogens with two attached hydrogens (primary N) is 1. The van der Waals surface area contributed by atoms with E-state index < -0.39 is 0 Å². The molecular formula is C12H25ClN2O2. The zero-order chi connectivity index (χ0) is 12.0. The molecule has 0 saturated carbocycles. The molecule has 102 valence electrons. The van der Waals surface area contributed by atoms with E-state index in [9.17, 15) is 4.79 Å². The summed E-state index contributed by atoms with van der Waals surface area (Å²) in [5.41, 5.74) is 5.77. The first-order chi connectivity index (χ1) is 7.65. The fraction of sp³-hybridized carbons (Fsp3) is 0.917. The van der Waals surface area contributed by atoms with Gasteiger partial charge in [0, 0.05) is 19.3 Å². The summed E-state index contributed by atoms with van der Waals surface area (Å²) in [5, 5.41) is 3.01. The van der Waals surface area contributed by atoms with Crippen LogP contribution in [-0.4, -0.2) is 31.2 Å². The van der Waals surface area contributed by atoms with Gasteiger partial charge in [-0.25, -0.2) is 0 Å². The second-order valence-corrected chi connectivity index (χ2v) is 4.64. The molecule has 1 aliphatic rings. The molecular weight excluding hydrogens is 240 g/mol. The lowest BCUT2D eigenvalue weighted by atomic mass is 9.92. The minimum atomic E-state index is -0.354. The maximum atomic E-state index is 11.7. The van der Waals surface area contributed by atoms with E-state index >= 15 is 0 Å². The number of carbonyl (C=O) groups is 1. The van der Waals surface area contributed by atoms with Gasteiger partial charge in [-0.2, -0.15) is 0 Å². The Hall–Kier alpha value is -0.320. The smallest absolute Gasteiger partial charge is 0.237 e. The van der Waals surface area contributed by atoms with Crippen molar-refractivity contribution in [1.29, 1.82) is 0 Å². The molecule has 0 radical (unpaired) electrons. The molecule has 1 rings (SSSR count). The lowest BCUT2D eigenvalue weighted by Crippen LogP contribution is -2.47. The van der Waals surface area contributed by atoms with Gasteiger partial charge < -0.3 is 15.8 Å². The van der Waals surface area contributed by atoms with Gasteiger partial charge in [0.2, 0.25) is 5.91 Å². The van der Waals surface area contributed by atoms with Crippen LogP contribution in [0.4, 0.5) is 0 Å². The summed E-state index contributed by atoms with van der Waals surface area (Å²) < 4.78 is 5.30. The van der Waals surface area contributed by atoms with Gasteiger partial charge in [-0.05, 0) is 32.1 Å². The third-order valence-corrected chi connectivity index (χ3v) is 3.28. The summed E-state index contributed by atoms with van der Waals surface area (Å²) in [7, 11) is 0. The van der Waals surface area contributed by atoms with Crippen LogP contribution in [0.3, 0.4) is 0 Å². The molecule has 2 unspecified atom stereocenters. The van der Waals surface area contributed by atoms with Crippen LogP contribution in [-0.2, 0) is 9.53 Å². The molecule has 5 heteroatoms. The van der Waals surface area contributed by atoms with E-state index in [4.69, 9.17) is 10.5 Å². The number of nitrogens with one attached hydrogen (secondary N) is 1. The molecule has 0 aromatic rings. The predicted molar refractivity (Wildman–Crippen MR) is 71.3 cm³/mol. The number of ether oxygens (including phenoxy) is 1. The molecule has 0 aromatic carbocycles. The summed E-state index contributed by atoms with van der Waals surface area (Å²) >= 11 is 0. The number of amides is 1. The average molecular weight is 265 g/mol. The Morgan fingerprint density at radius 1 is 1.47 bits per heavy atom. The number of carbonyl (C=O) groups excluding carboxylic acids is 1. The van der Waals surface area contributed by atoms with Gasteiger partial charge in [0.1, 0.15) is 0 Å². The number of hydrogen-bond donors (Lipinski definition) is 2. The van der Waals surface area contributed by atoms with Crippen LogP contribution in [0.2, 0.25) is 0 Å². The van der Waals surface area contributed by atoms with Gasteiger partial charge >= 0.3 is 0 Å². The highest BCUT2D eigenvalue weighted by Crippen LogP contribution is 2.18. The molecule has 0 aromatic heterocycles. The normalized spacial score (nSPS) is 20.2. The molecule has 1 saturated heterocycles. The summed E-state index contributed by atoms with van der Waals surface area (Å²) in [6.45, 7) is 5.72. The minimum absolute atomic E-state index is 0. The molecule has 1 heterocycles. The Kier molecular flexibility index (Phi) is 8.56. The molecule has 1 fully saturated rings. The number of halogens is 1. The highest BCUT2D eigenvalue weighted by molar-refractivity contribution is 5.85. The standard InChI is InChI=1S/C12H24N2O2.ClH/c1-3-4-11(13)12(15)14-9(2)10-5-7-16-8-6-10;/h9-11H,3-8,13H2,1-2H3,(H,14,15);1H. The predicted octanol–water partition coefficient (Wildman–Crippen LogP) is 1.47. The third-order valence-electron chi connectivity index (χ3n) is 3.28. The second-order valence-electron chi connectivity index (χ2n) is 4.64. The van der Waals surface area contributed by atoms with Crippen LogP contribution in [0, 0.1) is 5.92 Å². The molecule has 3 N–H and O–H groups in total. The minimum Gasteiger partial charge on any atom is -0.381 e. The van der Waals surface area contributed by atoms with Crippen molar-refractivity contribution in [1.82, 2.24) is 5.32 Å². The maximum absolute atomic E-state index is 11.7. The molecule has 17 heavy (non-hydrogen) atoms. The lowest BCUT2D eigenvalue weighted by Gasteiger charge is -2.29. The molecule has 2 atom stereocenters. The summed E-state index contributed by atoms with van der Waals surface area (Å²) in [6, 6.07) is -0.147. The van der Waals surface area contributed by atoms with Crippen LogP contribution in [0.15, 0.2) is 0 Å². The van der Waals surface area contributed by atoms with Gasteiger partial charge in [-0.15, -0.1) is 12.4 Å². The van der Waals surface area contributed by atoms with E-state index in [1.807, 2.05) is 6.92 Å². The first-order valence-corrected chi connectivity index (χ1v) is 6.28. The highest BCUT2D eigenvalue weighted by atomic mass is 35.5. The Bertz CT molecular complexity index is 221. The summed E-state index contributed by atoms with van der Waals surface area (Å²) in [5.74, 6) is 0.521. The van der Waals surface area contributed by atoms with Gasteiger partial charge in [0.05, 0.1) is 6.04 Å². The van der Waals surface area contributed by atoms with Gasteiger partial charge in [0.25, 0.3) is 0 Å². The first kappa shape index (κ1) is 16.7. The largest absolute Gasteiger partial charge is 0.381 e. The first-order valence-electron chi connectivity index (χ1n) is 6.28.